The zero-order valence-corrected chi connectivity index (χ0v) is 9.82. The highest BCUT2D eigenvalue weighted by molar-refractivity contribution is 5.70. The minimum Gasteiger partial charge on any atom is -0.441 e. The van der Waals surface area contributed by atoms with Crippen molar-refractivity contribution in [3.05, 3.63) is 35.9 Å². The molecule has 0 aromatic heterocycles. The Balaban J connectivity index is 1.63. The molecule has 1 heterocycles. The van der Waals surface area contributed by atoms with Crippen molar-refractivity contribution in [1.29, 1.82) is 0 Å². The van der Waals surface area contributed by atoms with Crippen LogP contribution in [0.4, 0.5) is 4.79 Å². The Hall–Kier alpha value is -1.51. The Morgan fingerprint density at radius 3 is 2.88 bits per heavy atom. The summed E-state index contributed by atoms with van der Waals surface area (Å²) < 4.78 is 5.43. The third kappa shape index (κ3) is 2.14. The molecule has 1 spiro atoms. The molecular weight excluding hydrogens is 214 g/mol. The SMILES string of the molecule is O=C1NCC2(CC[C@@H](Cc3ccccc3)C2)O1. The number of ether oxygens (including phenoxy) is 1. The van der Waals surface area contributed by atoms with E-state index in [4.69, 9.17) is 4.74 Å². The van der Waals surface area contributed by atoms with Gasteiger partial charge in [0.2, 0.25) is 0 Å². The summed E-state index contributed by atoms with van der Waals surface area (Å²) >= 11 is 0. The van der Waals surface area contributed by atoms with Crippen LogP contribution in [0.1, 0.15) is 24.8 Å². The van der Waals surface area contributed by atoms with E-state index in [9.17, 15) is 4.79 Å². The second-order valence-electron chi connectivity index (χ2n) is 5.22. The normalized spacial score (nSPS) is 31.5. The van der Waals surface area contributed by atoms with Gasteiger partial charge in [-0.05, 0) is 37.2 Å². The molecular formula is C14H17NO2. The van der Waals surface area contributed by atoms with Gasteiger partial charge in [0, 0.05) is 0 Å². The summed E-state index contributed by atoms with van der Waals surface area (Å²) in [6.45, 7) is 0.692. The number of rotatable bonds is 2. The minimum atomic E-state index is -0.245. The van der Waals surface area contributed by atoms with Crippen LogP contribution in [0.5, 0.6) is 0 Å². The molecule has 1 unspecified atom stereocenters. The summed E-state index contributed by atoms with van der Waals surface area (Å²) in [5.41, 5.74) is 1.18. The summed E-state index contributed by atoms with van der Waals surface area (Å²) in [7, 11) is 0. The number of hydrogen-bond acceptors (Lipinski definition) is 2. The number of carbonyl (C=O) groups is 1. The maximum atomic E-state index is 11.1. The van der Waals surface area contributed by atoms with Crippen LogP contribution in [0.3, 0.4) is 0 Å². The molecule has 1 saturated heterocycles. The first kappa shape index (κ1) is 10.6. The molecule has 1 amide bonds. The van der Waals surface area contributed by atoms with Crippen LogP contribution >= 0.6 is 0 Å². The number of carbonyl (C=O) groups excluding carboxylic acids is 1. The van der Waals surface area contributed by atoms with Gasteiger partial charge in [0.25, 0.3) is 0 Å². The van der Waals surface area contributed by atoms with Gasteiger partial charge in [-0.3, -0.25) is 0 Å². The quantitative estimate of drug-likeness (QED) is 0.849. The number of benzene rings is 1. The first-order chi connectivity index (χ1) is 8.26. The summed E-state index contributed by atoms with van der Waals surface area (Å²) in [5.74, 6) is 0.644. The summed E-state index contributed by atoms with van der Waals surface area (Å²) in [6, 6.07) is 10.5. The van der Waals surface area contributed by atoms with Crippen molar-refractivity contribution in [3.8, 4) is 0 Å². The fraction of sp³-hybridized carbons (Fsp3) is 0.500. The third-order valence-electron chi connectivity index (χ3n) is 3.90. The van der Waals surface area contributed by atoms with Crippen molar-refractivity contribution < 1.29 is 9.53 Å². The van der Waals surface area contributed by atoms with Crippen LogP contribution in [0.15, 0.2) is 30.3 Å². The third-order valence-corrected chi connectivity index (χ3v) is 3.90. The molecule has 1 saturated carbocycles. The fourth-order valence-electron chi connectivity index (χ4n) is 3.07. The van der Waals surface area contributed by atoms with E-state index in [1.165, 1.54) is 5.56 Å². The maximum Gasteiger partial charge on any atom is 0.407 e. The van der Waals surface area contributed by atoms with Gasteiger partial charge in [0.1, 0.15) is 5.60 Å². The number of alkyl carbamates (subject to hydrolysis) is 1. The van der Waals surface area contributed by atoms with Crippen LogP contribution < -0.4 is 5.32 Å². The molecule has 90 valence electrons. The summed E-state index contributed by atoms with van der Waals surface area (Å²) in [6.07, 6.45) is 4.01. The lowest BCUT2D eigenvalue weighted by Gasteiger charge is -2.20. The Bertz CT molecular complexity index is 417. The van der Waals surface area contributed by atoms with Crippen molar-refractivity contribution >= 4 is 6.09 Å². The molecule has 2 fully saturated rings. The fourth-order valence-corrected chi connectivity index (χ4v) is 3.07. The molecule has 1 N–H and O–H groups in total. The maximum absolute atomic E-state index is 11.1. The molecule has 1 aromatic carbocycles. The summed E-state index contributed by atoms with van der Waals surface area (Å²) in [4.78, 5) is 11.1. The van der Waals surface area contributed by atoms with Crippen molar-refractivity contribution in [2.75, 3.05) is 6.54 Å². The van der Waals surface area contributed by atoms with Crippen LogP contribution in [0, 0.1) is 5.92 Å². The van der Waals surface area contributed by atoms with Crippen molar-refractivity contribution in [2.45, 2.75) is 31.3 Å². The topological polar surface area (TPSA) is 38.3 Å². The van der Waals surface area contributed by atoms with Crippen molar-refractivity contribution in [3.63, 3.8) is 0 Å². The van der Waals surface area contributed by atoms with Gasteiger partial charge in [-0.1, -0.05) is 30.3 Å². The molecule has 3 heteroatoms. The van der Waals surface area contributed by atoms with Crippen LogP contribution in [-0.2, 0) is 11.2 Å². The molecule has 0 bridgehead atoms. The zero-order chi connectivity index (χ0) is 11.7. The second-order valence-corrected chi connectivity index (χ2v) is 5.22. The van der Waals surface area contributed by atoms with Crippen LogP contribution in [0.2, 0.25) is 0 Å². The van der Waals surface area contributed by atoms with E-state index in [1.54, 1.807) is 0 Å². The van der Waals surface area contributed by atoms with Gasteiger partial charge in [-0.2, -0.15) is 0 Å². The predicted molar refractivity (Wildman–Crippen MR) is 64.7 cm³/mol. The Labute approximate surface area is 101 Å². The molecule has 2 aliphatic rings. The molecule has 1 aliphatic heterocycles. The van der Waals surface area contributed by atoms with Crippen molar-refractivity contribution in [2.24, 2.45) is 5.92 Å². The van der Waals surface area contributed by atoms with Crippen LogP contribution in [-0.4, -0.2) is 18.2 Å². The van der Waals surface area contributed by atoms with Gasteiger partial charge < -0.3 is 10.1 Å². The highest BCUT2D eigenvalue weighted by Crippen LogP contribution is 2.40. The minimum absolute atomic E-state index is 0.198. The monoisotopic (exact) mass is 231 g/mol. The van der Waals surface area contributed by atoms with Crippen LogP contribution in [0.25, 0.3) is 0 Å². The first-order valence-electron chi connectivity index (χ1n) is 6.27. The Kier molecular flexibility index (Phi) is 2.54. The average Bonchev–Trinajstić information content (AvgIpc) is 2.88. The van der Waals surface area contributed by atoms with E-state index in [2.05, 4.69) is 29.6 Å². The molecule has 3 rings (SSSR count). The first-order valence-corrected chi connectivity index (χ1v) is 6.27. The molecule has 3 nitrogen and oxygen atoms in total. The highest BCUT2D eigenvalue weighted by Gasteiger charge is 2.46. The van der Waals surface area contributed by atoms with Gasteiger partial charge in [0.15, 0.2) is 0 Å². The van der Waals surface area contributed by atoms with E-state index in [0.717, 1.165) is 25.7 Å². The molecule has 0 radical (unpaired) electrons. The number of amides is 1. The van der Waals surface area contributed by atoms with E-state index < -0.39 is 0 Å². The largest absolute Gasteiger partial charge is 0.441 e. The molecule has 17 heavy (non-hydrogen) atoms. The summed E-state index contributed by atoms with van der Waals surface area (Å²) in [5, 5.41) is 2.78. The van der Waals surface area contributed by atoms with Gasteiger partial charge in [-0.15, -0.1) is 0 Å². The van der Waals surface area contributed by atoms with Gasteiger partial charge in [0.05, 0.1) is 6.54 Å². The lowest BCUT2D eigenvalue weighted by Crippen LogP contribution is -2.29. The highest BCUT2D eigenvalue weighted by atomic mass is 16.6. The van der Waals surface area contributed by atoms with E-state index in [-0.39, 0.29) is 11.7 Å². The average molecular weight is 231 g/mol. The lowest BCUT2D eigenvalue weighted by atomic mass is 9.95. The van der Waals surface area contributed by atoms with E-state index >= 15 is 0 Å². The molecule has 1 aromatic rings. The van der Waals surface area contributed by atoms with Gasteiger partial charge >= 0.3 is 6.09 Å². The lowest BCUT2D eigenvalue weighted by molar-refractivity contribution is 0.0594. The molecule has 2 atom stereocenters. The smallest absolute Gasteiger partial charge is 0.407 e. The predicted octanol–water partition coefficient (Wildman–Crippen LogP) is 2.51. The van der Waals surface area contributed by atoms with Crippen molar-refractivity contribution in [1.82, 2.24) is 5.32 Å². The Morgan fingerprint density at radius 2 is 2.18 bits per heavy atom. The molecule has 1 aliphatic carbocycles. The number of nitrogens with one attached hydrogen (secondary N) is 1. The van der Waals surface area contributed by atoms with Gasteiger partial charge in [-0.25, -0.2) is 4.79 Å². The zero-order valence-electron chi connectivity index (χ0n) is 9.82. The standard InChI is InChI=1S/C14H17NO2/c16-13-15-10-14(17-13)7-6-12(9-14)8-11-4-2-1-3-5-11/h1-5,12H,6-10H2,(H,15,16)/t12-,14?/m0/s1. The Morgan fingerprint density at radius 1 is 1.35 bits per heavy atom. The van der Waals surface area contributed by atoms with E-state index in [1.807, 2.05) is 6.07 Å². The van der Waals surface area contributed by atoms with E-state index in [0.29, 0.717) is 12.5 Å². The second kappa shape index (κ2) is 4.06. The number of hydrogen-bond donors (Lipinski definition) is 1.